The Morgan fingerprint density at radius 2 is 2.00 bits per heavy atom. The third kappa shape index (κ3) is 3.43. The molecule has 2 aromatic rings. The van der Waals surface area contributed by atoms with E-state index in [1.807, 2.05) is 31.2 Å². The van der Waals surface area contributed by atoms with Gasteiger partial charge >= 0.3 is 0 Å². The molecule has 0 aromatic heterocycles. The summed E-state index contributed by atoms with van der Waals surface area (Å²) < 4.78 is 1.09. The van der Waals surface area contributed by atoms with E-state index in [4.69, 9.17) is 17.3 Å². The molecular formula is C15H16BrClN2. The number of hydrogen-bond acceptors (Lipinski definition) is 2. The lowest BCUT2D eigenvalue weighted by atomic mass is 10.1. The molecular weight excluding hydrogens is 324 g/mol. The number of rotatable bonds is 3. The number of aryl methyl sites for hydroxylation is 1. The van der Waals surface area contributed by atoms with Crippen LogP contribution in [0.2, 0.25) is 5.02 Å². The summed E-state index contributed by atoms with van der Waals surface area (Å²) in [5.41, 5.74) is 9.89. The van der Waals surface area contributed by atoms with E-state index in [0.717, 1.165) is 22.3 Å². The van der Waals surface area contributed by atoms with Crippen LogP contribution in [0.4, 0.5) is 11.4 Å². The van der Waals surface area contributed by atoms with Crippen LogP contribution in [0.15, 0.2) is 40.9 Å². The average Bonchev–Trinajstić information content (AvgIpc) is 2.33. The molecule has 0 saturated carbocycles. The van der Waals surface area contributed by atoms with Gasteiger partial charge in [0.2, 0.25) is 0 Å². The predicted molar refractivity (Wildman–Crippen MR) is 86.9 cm³/mol. The van der Waals surface area contributed by atoms with E-state index in [-0.39, 0.29) is 0 Å². The van der Waals surface area contributed by atoms with Gasteiger partial charge in [0.05, 0.1) is 10.7 Å². The van der Waals surface area contributed by atoms with E-state index in [9.17, 15) is 0 Å². The third-order valence-electron chi connectivity index (χ3n) is 3.04. The Labute approximate surface area is 127 Å². The quantitative estimate of drug-likeness (QED) is 0.826. The van der Waals surface area contributed by atoms with Gasteiger partial charge < -0.3 is 10.6 Å². The molecule has 0 amide bonds. The lowest BCUT2D eigenvalue weighted by molar-refractivity contribution is 0.917. The second-order valence-corrected chi connectivity index (χ2v) is 5.97. The fourth-order valence-corrected chi connectivity index (χ4v) is 2.70. The highest BCUT2D eigenvalue weighted by Gasteiger charge is 2.08. The number of hydrogen-bond donors (Lipinski definition) is 1. The van der Waals surface area contributed by atoms with Crippen molar-refractivity contribution in [3.8, 4) is 0 Å². The highest BCUT2D eigenvalue weighted by molar-refractivity contribution is 9.10. The number of nitrogen functional groups attached to an aromatic ring is 1. The molecule has 100 valence electrons. The Morgan fingerprint density at radius 3 is 2.68 bits per heavy atom. The largest absolute Gasteiger partial charge is 0.398 e. The van der Waals surface area contributed by atoms with Crippen molar-refractivity contribution in [2.45, 2.75) is 13.5 Å². The van der Waals surface area contributed by atoms with Gasteiger partial charge in [-0.3, -0.25) is 0 Å². The normalized spacial score (nSPS) is 10.5. The molecule has 0 aliphatic rings. The summed E-state index contributed by atoms with van der Waals surface area (Å²) in [6.07, 6.45) is 0. The van der Waals surface area contributed by atoms with E-state index in [2.05, 4.69) is 40.0 Å². The molecule has 0 unspecified atom stereocenters. The summed E-state index contributed by atoms with van der Waals surface area (Å²) in [7, 11) is 2.05. The minimum absolute atomic E-state index is 0.599. The van der Waals surface area contributed by atoms with Crippen LogP contribution in [0.3, 0.4) is 0 Å². The van der Waals surface area contributed by atoms with E-state index >= 15 is 0 Å². The highest BCUT2D eigenvalue weighted by atomic mass is 79.9. The molecule has 0 spiro atoms. The van der Waals surface area contributed by atoms with Crippen molar-refractivity contribution in [1.82, 2.24) is 0 Å². The van der Waals surface area contributed by atoms with Gasteiger partial charge in [-0.05, 0) is 42.3 Å². The topological polar surface area (TPSA) is 29.3 Å². The average molecular weight is 340 g/mol. The van der Waals surface area contributed by atoms with Crippen LogP contribution < -0.4 is 10.6 Å². The maximum absolute atomic E-state index is 6.10. The maximum Gasteiger partial charge on any atom is 0.0656 e. The number of nitrogens with two attached hydrogens (primary N) is 1. The second-order valence-electron chi connectivity index (χ2n) is 4.65. The minimum Gasteiger partial charge on any atom is -0.398 e. The first-order valence-electron chi connectivity index (χ1n) is 5.98. The van der Waals surface area contributed by atoms with Gasteiger partial charge in [-0.15, -0.1) is 0 Å². The third-order valence-corrected chi connectivity index (χ3v) is 3.86. The fraction of sp³-hybridized carbons (Fsp3) is 0.200. The molecule has 2 N–H and O–H groups in total. The van der Waals surface area contributed by atoms with Gasteiger partial charge in [0.15, 0.2) is 0 Å². The smallest absolute Gasteiger partial charge is 0.0656 e. The van der Waals surface area contributed by atoms with Crippen LogP contribution in [-0.4, -0.2) is 7.05 Å². The molecule has 2 nitrogen and oxygen atoms in total. The molecule has 0 fully saturated rings. The SMILES string of the molecule is Cc1cc(N)c(Cl)cc1N(C)Cc1cccc(Br)c1. The molecule has 0 bridgehead atoms. The first-order chi connectivity index (χ1) is 8.97. The van der Waals surface area contributed by atoms with Crippen molar-refractivity contribution in [1.29, 1.82) is 0 Å². The van der Waals surface area contributed by atoms with Gasteiger partial charge in [0, 0.05) is 23.8 Å². The van der Waals surface area contributed by atoms with Crippen molar-refractivity contribution >= 4 is 38.9 Å². The Bertz CT molecular complexity index is 599. The Hall–Kier alpha value is -1.19. The maximum atomic E-state index is 6.10. The highest BCUT2D eigenvalue weighted by Crippen LogP contribution is 2.29. The molecule has 2 aromatic carbocycles. The molecule has 2 rings (SSSR count). The molecule has 19 heavy (non-hydrogen) atoms. The molecule has 4 heteroatoms. The molecule has 0 aliphatic carbocycles. The summed E-state index contributed by atoms with van der Waals surface area (Å²) in [6, 6.07) is 12.1. The second kappa shape index (κ2) is 5.85. The van der Waals surface area contributed by atoms with E-state index in [1.54, 1.807) is 0 Å². The molecule has 0 radical (unpaired) electrons. The van der Waals surface area contributed by atoms with Crippen molar-refractivity contribution < 1.29 is 0 Å². The lowest BCUT2D eigenvalue weighted by Gasteiger charge is -2.22. The summed E-state index contributed by atoms with van der Waals surface area (Å²) in [5, 5.41) is 0.599. The zero-order valence-corrected chi connectivity index (χ0v) is 13.3. The summed E-state index contributed by atoms with van der Waals surface area (Å²) in [4.78, 5) is 2.17. The Kier molecular flexibility index (Phi) is 4.38. The summed E-state index contributed by atoms with van der Waals surface area (Å²) in [5.74, 6) is 0. The van der Waals surface area contributed by atoms with E-state index in [0.29, 0.717) is 10.7 Å². The van der Waals surface area contributed by atoms with Gasteiger partial charge in [-0.25, -0.2) is 0 Å². The standard InChI is InChI=1S/C15H16BrClN2/c1-10-6-14(18)13(17)8-15(10)19(2)9-11-4-3-5-12(16)7-11/h3-8H,9,18H2,1-2H3. The van der Waals surface area contributed by atoms with Crippen molar-refractivity contribution in [3.63, 3.8) is 0 Å². The van der Waals surface area contributed by atoms with Crippen LogP contribution in [0.5, 0.6) is 0 Å². The van der Waals surface area contributed by atoms with Gasteiger partial charge in [-0.2, -0.15) is 0 Å². The van der Waals surface area contributed by atoms with Crippen molar-refractivity contribution in [2.75, 3.05) is 17.7 Å². The van der Waals surface area contributed by atoms with Crippen LogP contribution in [0.1, 0.15) is 11.1 Å². The zero-order valence-electron chi connectivity index (χ0n) is 11.0. The summed E-state index contributed by atoms with van der Waals surface area (Å²) in [6.45, 7) is 2.86. The zero-order chi connectivity index (χ0) is 14.0. The lowest BCUT2D eigenvalue weighted by Crippen LogP contribution is -2.17. The van der Waals surface area contributed by atoms with Crippen molar-refractivity contribution in [3.05, 3.63) is 57.0 Å². The van der Waals surface area contributed by atoms with Crippen molar-refractivity contribution in [2.24, 2.45) is 0 Å². The van der Waals surface area contributed by atoms with Crippen LogP contribution in [0, 0.1) is 6.92 Å². The van der Waals surface area contributed by atoms with E-state index < -0.39 is 0 Å². The Balaban J connectivity index is 2.25. The fourth-order valence-electron chi connectivity index (χ4n) is 2.10. The minimum atomic E-state index is 0.599. The molecule has 0 atom stereocenters. The van der Waals surface area contributed by atoms with Gasteiger partial charge in [0.25, 0.3) is 0 Å². The number of halogens is 2. The van der Waals surface area contributed by atoms with Crippen LogP contribution in [0.25, 0.3) is 0 Å². The van der Waals surface area contributed by atoms with Gasteiger partial charge in [-0.1, -0.05) is 39.7 Å². The monoisotopic (exact) mass is 338 g/mol. The first-order valence-corrected chi connectivity index (χ1v) is 7.15. The molecule has 0 aliphatic heterocycles. The van der Waals surface area contributed by atoms with Crippen LogP contribution in [-0.2, 0) is 6.54 Å². The van der Waals surface area contributed by atoms with E-state index in [1.165, 1.54) is 5.56 Å². The van der Waals surface area contributed by atoms with Gasteiger partial charge in [0.1, 0.15) is 0 Å². The molecule has 0 saturated heterocycles. The number of nitrogens with zero attached hydrogens (tertiary/aromatic N) is 1. The number of anilines is 2. The van der Waals surface area contributed by atoms with Crippen LogP contribution >= 0.6 is 27.5 Å². The predicted octanol–water partition coefficient (Wildman–Crippen LogP) is 4.63. The first kappa shape index (κ1) is 14.2. The summed E-state index contributed by atoms with van der Waals surface area (Å²) >= 11 is 9.59. The Morgan fingerprint density at radius 1 is 1.26 bits per heavy atom. The molecule has 0 heterocycles. The number of benzene rings is 2.